The zero-order valence-electron chi connectivity index (χ0n) is 9.07. The molecule has 0 saturated heterocycles. The van der Waals surface area contributed by atoms with E-state index in [1.807, 2.05) is 0 Å². The van der Waals surface area contributed by atoms with Crippen molar-refractivity contribution in [1.82, 2.24) is 0 Å². The number of nitrogens with two attached hydrogens (primary N) is 1. The van der Waals surface area contributed by atoms with Gasteiger partial charge in [0, 0.05) is 13.7 Å². The van der Waals surface area contributed by atoms with Gasteiger partial charge in [-0.05, 0) is 18.6 Å². The number of hydrogen-bond donors (Lipinski definition) is 2. The van der Waals surface area contributed by atoms with E-state index < -0.39 is 17.8 Å². The number of hydrogen-bond acceptors (Lipinski definition) is 3. The normalized spacial score (nSPS) is 12.2. The molecule has 5 heteroatoms. The van der Waals surface area contributed by atoms with E-state index in [1.54, 1.807) is 12.1 Å². The van der Waals surface area contributed by atoms with Crippen LogP contribution in [0.5, 0.6) is 0 Å². The molecule has 0 saturated carbocycles. The Morgan fingerprint density at radius 1 is 1.56 bits per heavy atom. The van der Waals surface area contributed by atoms with Crippen molar-refractivity contribution in [3.8, 4) is 0 Å². The molecule has 0 radical (unpaired) electrons. The minimum atomic E-state index is -0.695. The molecule has 1 rings (SSSR count). The summed E-state index contributed by atoms with van der Waals surface area (Å²) in [4.78, 5) is 11.5. The van der Waals surface area contributed by atoms with E-state index in [-0.39, 0.29) is 5.69 Å². The molecular weight excluding hydrogens is 211 g/mol. The minimum Gasteiger partial charge on any atom is -0.385 e. The highest BCUT2D eigenvalue weighted by atomic mass is 19.1. The van der Waals surface area contributed by atoms with E-state index in [4.69, 9.17) is 10.5 Å². The number of amides is 1. The zero-order valence-corrected chi connectivity index (χ0v) is 9.07. The van der Waals surface area contributed by atoms with Crippen molar-refractivity contribution in [3.63, 3.8) is 0 Å². The fourth-order valence-electron chi connectivity index (χ4n) is 1.16. The lowest BCUT2D eigenvalue weighted by Gasteiger charge is -2.11. The number of rotatable bonds is 5. The van der Waals surface area contributed by atoms with Gasteiger partial charge in [0.05, 0.1) is 11.7 Å². The summed E-state index contributed by atoms with van der Waals surface area (Å²) in [6.07, 6.45) is 0.400. The molecule has 0 aliphatic carbocycles. The summed E-state index contributed by atoms with van der Waals surface area (Å²) in [6.45, 7) is 0.395. The highest BCUT2D eigenvalue weighted by Crippen LogP contribution is 2.12. The highest BCUT2D eigenvalue weighted by molar-refractivity contribution is 5.94. The lowest BCUT2D eigenvalue weighted by atomic mass is 10.2. The van der Waals surface area contributed by atoms with E-state index in [0.29, 0.717) is 13.0 Å². The molecule has 0 aliphatic heterocycles. The number of halogens is 1. The molecule has 0 aliphatic rings. The number of nitrogens with one attached hydrogen (secondary N) is 1. The summed E-state index contributed by atoms with van der Waals surface area (Å²) in [5.41, 5.74) is 5.73. The van der Waals surface area contributed by atoms with Gasteiger partial charge in [-0.25, -0.2) is 4.39 Å². The van der Waals surface area contributed by atoms with Crippen LogP contribution in [0.3, 0.4) is 0 Å². The average Bonchev–Trinajstić information content (AvgIpc) is 2.28. The number of benzene rings is 1. The van der Waals surface area contributed by atoms with E-state index in [1.165, 1.54) is 19.2 Å². The summed E-state index contributed by atoms with van der Waals surface area (Å²) < 4.78 is 18.0. The zero-order chi connectivity index (χ0) is 12.0. The largest absolute Gasteiger partial charge is 0.385 e. The predicted molar refractivity (Wildman–Crippen MR) is 59.5 cm³/mol. The van der Waals surface area contributed by atoms with Gasteiger partial charge in [-0.2, -0.15) is 0 Å². The maximum absolute atomic E-state index is 13.2. The number of ether oxygens (including phenoxy) is 1. The first-order valence-corrected chi connectivity index (χ1v) is 4.95. The molecule has 1 aromatic carbocycles. The van der Waals surface area contributed by atoms with Crippen molar-refractivity contribution in [3.05, 3.63) is 30.1 Å². The Balaban J connectivity index is 2.54. The first-order chi connectivity index (χ1) is 7.65. The number of carbonyl (C=O) groups is 1. The second-order valence-electron chi connectivity index (χ2n) is 3.36. The van der Waals surface area contributed by atoms with Gasteiger partial charge < -0.3 is 15.8 Å². The first kappa shape index (κ1) is 12.6. The fourth-order valence-corrected chi connectivity index (χ4v) is 1.16. The van der Waals surface area contributed by atoms with Gasteiger partial charge in [0.15, 0.2) is 0 Å². The molecular formula is C11H15FN2O2. The lowest BCUT2D eigenvalue weighted by Crippen LogP contribution is -2.36. The van der Waals surface area contributed by atoms with Crippen molar-refractivity contribution < 1.29 is 13.9 Å². The molecule has 88 valence electrons. The van der Waals surface area contributed by atoms with Gasteiger partial charge in [0.25, 0.3) is 0 Å². The predicted octanol–water partition coefficient (Wildman–Crippen LogP) is 1.13. The van der Waals surface area contributed by atoms with Gasteiger partial charge >= 0.3 is 0 Å². The van der Waals surface area contributed by atoms with Crippen LogP contribution in [0.1, 0.15) is 6.42 Å². The number of carbonyl (C=O) groups excluding carboxylic acids is 1. The molecule has 0 heterocycles. The first-order valence-electron chi connectivity index (χ1n) is 4.95. The molecule has 16 heavy (non-hydrogen) atoms. The van der Waals surface area contributed by atoms with Crippen LogP contribution < -0.4 is 11.1 Å². The van der Waals surface area contributed by atoms with Crippen LogP contribution in [0.4, 0.5) is 10.1 Å². The third-order valence-electron chi connectivity index (χ3n) is 2.10. The van der Waals surface area contributed by atoms with Crippen molar-refractivity contribution in [2.45, 2.75) is 12.5 Å². The molecule has 1 atom stereocenters. The maximum Gasteiger partial charge on any atom is 0.241 e. The number of para-hydroxylation sites is 1. The minimum absolute atomic E-state index is 0.139. The van der Waals surface area contributed by atoms with Gasteiger partial charge in [-0.15, -0.1) is 0 Å². The van der Waals surface area contributed by atoms with Crippen LogP contribution in [0.15, 0.2) is 24.3 Å². The molecule has 3 N–H and O–H groups in total. The van der Waals surface area contributed by atoms with E-state index >= 15 is 0 Å². The second kappa shape index (κ2) is 6.19. The second-order valence-corrected chi connectivity index (χ2v) is 3.36. The van der Waals surface area contributed by atoms with Crippen LogP contribution in [0, 0.1) is 5.82 Å². The van der Waals surface area contributed by atoms with Crippen LogP contribution in [-0.4, -0.2) is 25.7 Å². The number of methoxy groups -OCH3 is 1. The van der Waals surface area contributed by atoms with E-state index in [9.17, 15) is 9.18 Å². The quantitative estimate of drug-likeness (QED) is 0.791. The Kier molecular flexibility index (Phi) is 4.88. The SMILES string of the molecule is COCCC(N)C(=O)Nc1ccccc1F. The van der Waals surface area contributed by atoms with Gasteiger partial charge in [-0.1, -0.05) is 12.1 Å². The van der Waals surface area contributed by atoms with Gasteiger partial charge in [0.1, 0.15) is 5.82 Å². The molecule has 0 fully saturated rings. The standard InChI is InChI=1S/C11H15FN2O2/c1-16-7-6-9(13)11(15)14-10-5-3-2-4-8(10)12/h2-5,9H,6-7,13H2,1H3,(H,14,15). The van der Waals surface area contributed by atoms with Crippen molar-refractivity contribution >= 4 is 11.6 Å². The smallest absolute Gasteiger partial charge is 0.241 e. The molecule has 0 aromatic heterocycles. The molecule has 0 bridgehead atoms. The van der Waals surface area contributed by atoms with Crippen LogP contribution in [0.25, 0.3) is 0 Å². The van der Waals surface area contributed by atoms with E-state index in [2.05, 4.69) is 5.32 Å². The highest BCUT2D eigenvalue weighted by Gasteiger charge is 2.14. The third-order valence-corrected chi connectivity index (χ3v) is 2.10. The van der Waals surface area contributed by atoms with Crippen LogP contribution in [0.2, 0.25) is 0 Å². The molecule has 1 aromatic rings. The Morgan fingerprint density at radius 2 is 2.25 bits per heavy atom. The van der Waals surface area contributed by atoms with Crippen molar-refractivity contribution in [1.29, 1.82) is 0 Å². The molecule has 1 unspecified atom stereocenters. The Hall–Kier alpha value is -1.46. The monoisotopic (exact) mass is 226 g/mol. The topological polar surface area (TPSA) is 64.3 Å². The number of anilines is 1. The third kappa shape index (κ3) is 3.60. The average molecular weight is 226 g/mol. The van der Waals surface area contributed by atoms with Crippen LogP contribution in [-0.2, 0) is 9.53 Å². The summed E-state index contributed by atoms with van der Waals surface area (Å²) in [7, 11) is 1.53. The summed E-state index contributed by atoms with van der Waals surface area (Å²) >= 11 is 0. The van der Waals surface area contributed by atoms with Crippen molar-refractivity contribution in [2.24, 2.45) is 5.73 Å². The van der Waals surface area contributed by atoms with Crippen molar-refractivity contribution in [2.75, 3.05) is 19.0 Å². The summed E-state index contributed by atoms with van der Waals surface area (Å²) in [6, 6.07) is 5.25. The fraction of sp³-hybridized carbons (Fsp3) is 0.364. The Bertz CT molecular complexity index is 358. The van der Waals surface area contributed by atoms with Gasteiger partial charge in [0.2, 0.25) is 5.91 Å². The molecule has 4 nitrogen and oxygen atoms in total. The van der Waals surface area contributed by atoms with Gasteiger partial charge in [-0.3, -0.25) is 4.79 Å². The molecule has 1 amide bonds. The maximum atomic E-state index is 13.2. The summed E-state index contributed by atoms with van der Waals surface area (Å²) in [5.74, 6) is -0.892. The van der Waals surface area contributed by atoms with Crippen LogP contribution >= 0.6 is 0 Å². The summed E-state index contributed by atoms with van der Waals surface area (Å²) in [5, 5.41) is 2.42. The lowest BCUT2D eigenvalue weighted by molar-refractivity contribution is -0.117. The molecule has 0 spiro atoms. The Labute approximate surface area is 93.6 Å². The Morgan fingerprint density at radius 3 is 2.88 bits per heavy atom. The van der Waals surface area contributed by atoms with E-state index in [0.717, 1.165) is 0 Å².